The zero-order chi connectivity index (χ0) is 18.5. The average Bonchev–Trinajstić information content (AvgIpc) is 2.86. The van der Waals surface area contributed by atoms with Gasteiger partial charge < -0.3 is 10.2 Å². The van der Waals surface area contributed by atoms with E-state index in [1.165, 1.54) is 12.1 Å². The summed E-state index contributed by atoms with van der Waals surface area (Å²) in [4.78, 5) is 16.6. The number of rotatable bonds is 3. The van der Waals surface area contributed by atoms with Gasteiger partial charge >= 0.3 is 6.03 Å². The summed E-state index contributed by atoms with van der Waals surface area (Å²) in [7, 11) is 0. The lowest BCUT2D eigenvalue weighted by atomic mass is 10.2. The molecule has 0 unspecified atom stereocenters. The van der Waals surface area contributed by atoms with E-state index in [2.05, 4.69) is 10.2 Å². The van der Waals surface area contributed by atoms with Crippen molar-refractivity contribution >= 4 is 34.9 Å². The largest absolute Gasteiger partial charge is 0.323 e. The number of hydrogen-bond donors (Lipinski definition) is 1. The highest BCUT2D eigenvalue weighted by molar-refractivity contribution is 6.43. The Morgan fingerprint density at radius 1 is 1.04 bits per heavy atom. The molecule has 26 heavy (non-hydrogen) atoms. The molecule has 7 heteroatoms. The molecule has 0 aliphatic carbocycles. The minimum absolute atomic E-state index is 0.183. The molecule has 2 aromatic rings. The number of benzene rings is 2. The Morgan fingerprint density at radius 3 is 2.58 bits per heavy atom. The third kappa shape index (κ3) is 4.87. The first kappa shape index (κ1) is 19.0. The molecule has 0 radical (unpaired) electrons. The van der Waals surface area contributed by atoms with Crippen molar-refractivity contribution in [3.8, 4) is 0 Å². The van der Waals surface area contributed by atoms with Crippen LogP contribution in [-0.2, 0) is 6.54 Å². The van der Waals surface area contributed by atoms with E-state index in [1.54, 1.807) is 35.2 Å². The highest BCUT2D eigenvalue weighted by Crippen LogP contribution is 2.29. The Labute approximate surface area is 162 Å². The molecule has 0 saturated carbocycles. The molecule has 0 bridgehead atoms. The van der Waals surface area contributed by atoms with Crippen molar-refractivity contribution in [3.63, 3.8) is 0 Å². The van der Waals surface area contributed by atoms with Crippen LogP contribution in [0.1, 0.15) is 12.0 Å². The highest BCUT2D eigenvalue weighted by Gasteiger charge is 2.20. The van der Waals surface area contributed by atoms with Gasteiger partial charge in [0.25, 0.3) is 0 Å². The molecule has 2 amide bonds. The summed E-state index contributed by atoms with van der Waals surface area (Å²) >= 11 is 12.1. The lowest BCUT2D eigenvalue weighted by molar-refractivity contribution is 0.211. The number of hydrogen-bond acceptors (Lipinski definition) is 2. The van der Waals surface area contributed by atoms with Crippen molar-refractivity contribution in [2.24, 2.45) is 0 Å². The van der Waals surface area contributed by atoms with Crippen molar-refractivity contribution in [3.05, 3.63) is 63.9 Å². The molecule has 1 fully saturated rings. The van der Waals surface area contributed by atoms with Gasteiger partial charge in [-0.15, -0.1) is 0 Å². The van der Waals surface area contributed by atoms with Gasteiger partial charge in [0, 0.05) is 32.7 Å². The number of amides is 2. The first-order valence-corrected chi connectivity index (χ1v) is 9.25. The first-order valence-electron chi connectivity index (χ1n) is 8.49. The molecule has 138 valence electrons. The number of carbonyl (C=O) groups is 1. The number of anilines is 1. The van der Waals surface area contributed by atoms with Crippen LogP contribution >= 0.6 is 23.2 Å². The molecule has 1 saturated heterocycles. The quantitative estimate of drug-likeness (QED) is 0.804. The third-order valence-electron chi connectivity index (χ3n) is 4.39. The number of nitrogens with zero attached hydrogens (tertiary/aromatic N) is 2. The molecule has 4 nitrogen and oxygen atoms in total. The van der Waals surface area contributed by atoms with Gasteiger partial charge in [-0.2, -0.15) is 0 Å². The molecule has 1 aliphatic heterocycles. The van der Waals surface area contributed by atoms with Gasteiger partial charge in [0.1, 0.15) is 5.82 Å². The van der Waals surface area contributed by atoms with Crippen LogP contribution in [0.3, 0.4) is 0 Å². The summed E-state index contributed by atoms with van der Waals surface area (Å²) in [6.45, 7) is 3.68. The fourth-order valence-corrected chi connectivity index (χ4v) is 3.32. The van der Waals surface area contributed by atoms with E-state index < -0.39 is 0 Å². The monoisotopic (exact) mass is 395 g/mol. The van der Waals surface area contributed by atoms with Crippen molar-refractivity contribution in [2.75, 3.05) is 31.5 Å². The van der Waals surface area contributed by atoms with Gasteiger partial charge in [0.15, 0.2) is 0 Å². The predicted octanol–water partition coefficient (Wildman–Crippen LogP) is 4.87. The van der Waals surface area contributed by atoms with Crippen LogP contribution < -0.4 is 5.32 Å². The lowest BCUT2D eigenvalue weighted by Gasteiger charge is -2.22. The highest BCUT2D eigenvalue weighted by atomic mass is 35.5. The van der Waals surface area contributed by atoms with Crippen LogP contribution in [0.25, 0.3) is 0 Å². The summed E-state index contributed by atoms with van der Waals surface area (Å²) in [5, 5.41) is 3.58. The minimum atomic E-state index is -0.230. The Kier molecular flexibility index (Phi) is 6.35. The normalized spacial score (nSPS) is 15.6. The Morgan fingerprint density at radius 2 is 1.81 bits per heavy atom. The van der Waals surface area contributed by atoms with Gasteiger partial charge in [-0.25, -0.2) is 9.18 Å². The summed E-state index contributed by atoms with van der Waals surface area (Å²) in [6, 6.07) is 11.5. The van der Waals surface area contributed by atoms with Crippen LogP contribution in [0, 0.1) is 5.82 Å². The Hall–Kier alpha value is -1.82. The second-order valence-electron chi connectivity index (χ2n) is 6.27. The number of carbonyl (C=O) groups excluding carboxylic acids is 1. The maximum Gasteiger partial charge on any atom is 0.321 e. The molecule has 2 aromatic carbocycles. The van der Waals surface area contributed by atoms with Gasteiger partial charge in [-0.3, -0.25) is 4.90 Å². The van der Waals surface area contributed by atoms with E-state index >= 15 is 0 Å². The van der Waals surface area contributed by atoms with Gasteiger partial charge in [0.05, 0.1) is 15.7 Å². The number of nitrogens with one attached hydrogen (secondary N) is 1. The maximum absolute atomic E-state index is 13.0. The maximum atomic E-state index is 13.0. The summed E-state index contributed by atoms with van der Waals surface area (Å²) < 4.78 is 13.0. The van der Waals surface area contributed by atoms with E-state index in [9.17, 15) is 9.18 Å². The van der Waals surface area contributed by atoms with Crippen molar-refractivity contribution in [1.29, 1.82) is 0 Å². The molecule has 0 spiro atoms. The molecule has 1 aliphatic rings. The van der Waals surface area contributed by atoms with Crippen LogP contribution in [0.15, 0.2) is 42.5 Å². The SMILES string of the molecule is O=C(Nc1cccc(Cl)c1Cl)N1CCCN(Cc2ccc(F)cc2)CC1. The van der Waals surface area contributed by atoms with Crippen LogP contribution in [0.5, 0.6) is 0 Å². The number of urea groups is 1. The van der Waals surface area contributed by atoms with E-state index in [1.807, 2.05) is 0 Å². The van der Waals surface area contributed by atoms with Crippen LogP contribution in [-0.4, -0.2) is 42.0 Å². The zero-order valence-electron chi connectivity index (χ0n) is 14.2. The average molecular weight is 396 g/mol. The van der Waals surface area contributed by atoms with Crippen molar-refractivity contribution in [2.45, 2.75) is 13.0 Å². The van der Waals surface area contributed by atoms with E-state index in [-0.39, 0.29) is 11.8 Å². The van der Waals surface area contributed by atoms with Gasteiger partial charge in [-0.1, -0.05) is 41.4 Å². The predicted molar refractivity (Wildman–Crippen MR) is 103 cm³/mol. The van der Waals surface area contributed by atoms with Gasteiger partial charge in [-0.05, 0) is 36.2 Å². The molecule has 0 atom stereocenters. The molecular formula is C19H20Cl2FN3O. The third-order valence-corrected chi connectivity index (χ3v) is 5.21. The Bertz CT molecular complexity index is 770. The summed E-state index contributed by atoms with van der Waals surface area (Å²) in [5.41, 5.74) is 1.58. The Balaban J connectivity index is 1.56. The lowest BCUT2D eigenvalue weighted by Crippen LogP contribution is -2.38. The fourth-order valence-electron chi connectivity index (χ4n) is 2.97. The molecule has 0 aromatic heterocycles. The van der Waals surface area contributed by atoms with Crippen LogP contribution in [0.2, 0.25) is 10.0 Å². The van der Waals surface area contributed by atoms with Gasteiger partial charge in [0.2, 0.25) is 0 Å². The van der Waals surface area contributed by atoms with E-state index in [4.69, 9.17) is 23.2 Å². The molecule has 3 rings (SSSR count). The van der Waals surface area contributed by atoms with Crippen molar-refractivity contribution in [1.82, 2.24) is 9.80 Å². The molecule has 1 heterocycles. The zero-order valence-corrected chi connectivity index (χ0v) is 15.7. The van der Waals surface area contributed by atoms with E-state index in [0.717, 1.165) is 31.6 Å². The summed E-state index contributed by atoms with van der Waals surface area (Å²) in [6.07, 6.45) is 0.873. The smallest absolute Gasteiger partial charge is 0.321 e. The minimum Gasteiger partial charge on any atom is -0.323 e. The standard InChI is InChI=1S/C19H20Cl2FN3O/c20-16-3-1-4-17(18(16)21)23-19(26)25-10-2-9-24(11-12-25)13-14-5-7-15(22)8-6-14/h1,3-8H,2,9-13H2,(H,23,26). The molecule has 1 N–H and O–H groups in total. The molecular weight excluding hydrogens is 376 g/mol. The van der Waals surface area contributed by atoms with Crippen LogP contribution in [0.4, 0.5) is 14.9 Å². The topological polar surface area (TPSA) is 35.6 Å². The van der Waals surface area contributed by atoms with Crippen molar-refractivity contribution < 1.29 is 9.18 Å². The second-order valence-corrected chi connectivity index (χ2v) is 7.06. The number of halogens is 3. The first-order chi connectivity index (χ1) is 12.5. The van der Waals surface area contributed by atoms with E-state index in [0.29, 0.717) is 28.8 Å². The second kappa shape index (κ2) is 8.71. The fraction of sp³-hybridized carbons (Fsp3) is 0.316. The summed E-state index contributed by atoms with van der Waals surface area (Å²) in [5.74, 6) is -0.230.